The van der Waals surface area contributed by atoms with E-state index in [1.54, 1.807) is 7.11 Å². The summed E-state index contributed by atoms with van der Waals surface area (Å²) >= 11 is 0. The van der Waals surface area contributed by atoms with Gasteiger partial charge in [-0.1, -0.05) is 32.9 Å². The third-order valence-corrected chi connectivity index (χ3v) is 2.99. The molecular weight excluding hydrogens is 210 g/mol. The lowest BCUT2D eigenvalue weighted by Crippen LogP contribution is -2.15. The number of nitrogens with two attached hydrogens (primary N) is 1. The summed E-state index contributed by atoms with van der Waals surface area (Å²) in [5.74, 6) is 0.909. The van der Waals surface area contributed by atoms with Gasteiger partial charge in [0.2, 0.25) is 0 Å². The molecule has 1 aromatic rings. The lowest BCUT2D eigenvalue weighted by Gasteiger charge is -2.22. The van der Waals surface area contributed by atoms with Crippen molar-refractivity contribution in [3.8, 4) is 5.75 Å². The van der Waals surface area contributed by atoms with Gasteiger partial charge in [0, 0.05) is 11.6 Å². The molecule has 0 aromatic heterocycles. The van der Waals surface area contributed by atoms with Crippen molar-refractivity contribution in [3.63, 3.8) is 0 Å². The van der Waals surface area contributed by atoms with Gasteiger partial charge in [-0.05, 0) is 36.8 Å². The van der Waals surface area contributed by atoms with Crippen LogP contribution in [0.3, 0.4) is 0 Å². The molecule has 0 radical (unpaired) electrons. The van der Waals surface area contributed by atoms with Crippen LogP contribution in [0.15, 0.2) is 18.2 Å². The van der Waals surface area contributed by atoms with Gasteiger partial charge in [-0.25, -0.2) is 0 Å². The fourth-order valence-electron chi connectivity index (χ4n) is 1.87. The maximum Gasteiger partial charge on any atom is 0.123 e. The third-order valence-electron chi connectivity index (χ3n) is 2.99. The van der Waals surface area contributed by atoms with E-state index in [9.17, 15) is 0 Å². The summed E-state index contributed by atoms with van der Waals surface area (Å²) in [5.41, 5.74) is 8.89. The first-order valence-electron chi connectivity index (χ1n) is 6.23. The van der Waals surface area contributed by atoms with E-state index in [2.05, 4.69) is 39.8 Å². The molecule has 0 heterocycles. The van der Waals surface area contributed by atoms with Crippen LogP contribution in [-0.4, -0.2) is 7.11 Å². The molecule has 0 spiro atoms. The van der Waals surface area contributed by atoms with Crippen LogP contribution in [0, 0.1) is 12.3 Å². The molecule has 1 atom stereocenters. The molecule has 0 aliphatic rings. The Labute approximate surface area is 105 Å². The molecule has 1 aromatic carbocycles. The van der Waals surface area contributed by atoms with Gasteiger partial charge in [0.15, 0.2) is 0 Å². The second-order valence-electron chi connectivity index (χ2n) is 5.95. The van der Waals surface area contributed by atoms with Crippen molar-refractivity contribution in [1.82, 2.24) is 0 Å². The molecule has 0 bridgehead atoms. The Morgan fingerprint density at radius 2 is 1.94 bits per heavy atom. The molecule has 0 fully saturated rings. The number of hydrogen-bond donors (Lipinski definition) is 1. The van der Waals surface area contributed by atoms with Gasteiger partial charge in [0.05, 0.1) is 7.11 Å². The van der Waals surface area contributed by atoms with Crippen molar-refractivity contribution in [1.29, 1.82) is 0 Å². The van der Waals surface area contributed by atoms with Crippen LogP contribution in [0.1, 0.15) is 50.8 Å². The van der Waals surface area contributed by atoms with Crippen LogP contribution in [0.2, 0.25) is 0 Å². The Kier molecular flexibility index (Phi) is 4.58. The summed E-state index contributed by atoms with van der Waals surface area (Å²) in [4.78, 5) is 0. The largest absolute Gasteiger partial charge is 0.496 e. The first kappa shape index (κ1) is 14.0. The van der Waals surface area contributed by atoms with Crippen molar-refractivity contribution in [2.24, 2.45) is 11.1 Å². The minimum Gasteiger partial charge on any atom is -0.496 e. The van der Waals surface area contributed by atoms with E-state index < -0.39 is 0 Å². The van der Waals surface area contributed by atoms with E-state index in [0.717, 1.165) is 24.2 Å². The highest BCUT2D eigenvalue weighted by atomic mass is 16.5. The van der Waals surface area contributed by atoms with Gasteiger partial charge >= 0.3 is 0 Å². The van der Waals surface area contributed by atoms with Gasteiger partial charge in [-0.15, -0.1) is 0 Å². The molecule has 2 nitrogen and oxygen atoms in total. The van der Waals surface area contributed by atoms with Crippen molar-refractivity contribution in [3.05, 3.63) is 29.3 Å². The van der Waals surface area contributed by atoms with Crippen molar-refractivity contribution < 1.29 is 4.74 Å². The number of methoxy groups -OCH3 is 1. The van der Waals surface area contributed by atoms with E-state index in [1.165, 1.54) is 5.56 Å². The standard InChI is InChI=1S/C15H25NO/c1-11-6-7-12(14(10-11)17-5)13(16)8-9-15(2,3)4/h6-7,10,13H,8-9,16H2,1-5H3. The quantitative estimate of drug-likeness (QED) is 0.860. The predicted octanol–water partition coefficient (Wildman–Crippen LogP) is 3.83. The van der Waals surface area contributed by atoms with Gasteiger partial charge in [0.1, 0.15) is 5.75 Å². The minimum atomic E-state index is 0.0600. The first-order valence-corrected chi connectivity index (χ1v) is 6.23. The molecule has 0 saturated heterocycles. The maximum absolute atomic E-state index is 6.25. The van der Waals surface area contributed by atoms with Crippen LogP contribution in [-0.2, 0) is 0 Å². The number of benzene rings is 1. The van der Waals surface area contributed by atoms with Crippen LogP contribution < -0.4 is 10.5 Å². The van der Waals surface area contributed by atoms with Gasteiger partial charge in [-0.2, -0.15) is 0 Å². The summed E-state index contributed by atoms with van der Waals surface area (Å²) in [6, 6.07) is 6.28. The van der Waals surface area contributed by atoms with Crippen molar-refractivity contribution in [2.45, 2.75) is 46.6 Å². The molecule has 17 heavy (non-hydrogen) atoms. The Morgan fingerprint density at radius 3 is 2.47 bits per heavy atom. The zero-order valence-electron chi connectivity index (χ0n) is 11.7. The Bertz CT molecular complexity index is 366. The zero-order chi connectivity index (χ0) is 13.1. The number of aryl methyl sites for hydroxylation is 1. The van der Waals surface area contributed by atoms with Crippen LogP contribution in [0.4, 0.5) is 0 Å². The molecular formula is C15H25NO. The van der Waals surface area contributed by atoms with Crippen LogP contribution in [0.25, 0.3) is 0 Å². The number of ether oxygens (including phenoxy) is 1. The van der Waals surface area contributed by atoms with E-state index in [4.69, 9.17) is 10.5 Å². The van der Waals surface area contributed by atoms with E-state index in [0.29, 0.717) is 5.41 Å². The van der Waals surface area contributed by atoms with Crippen LogP contribution >= 0.6 is 0 Å². The molecule has 1 rings (SSSR count). The summed E-state index contributed by atoms with van der Waals surface area (Å²) < 4.78 is 5.40. The topological polar surface area (TPSA) is 35.2 Å². The van der Waals surface area contributed by atoms with Gasteiger partial charge < -0.3 is 10.5 Å². The summed E-state index contributed by atoms with van der Waals surface area (Å²) in [6.07, 6.45) is 2.11. The highest BCUT2D eigenvalue weighted by molar-refractivity contribution is 5.39. The molecule has 2 N–H and O–H groups in total. The van der Waals surface area contributed by atoms with Gasteiger partial charge in [0.25, 0.3) is 0 Å². The Balaban J connectivity index is 2.78. The van der Waals surface area contributed by atoms with Gasteiger partial charge in [-0.3, -0.25) is 0 Å². The molecule has 96 valence electrons. The third kappa shape index (κ3) is 4.39. The highest BCUT2D eigenvalue weighted by Gasteiger charge is 2.16. The van der Waals surface area contributed by atoms with E-state index >= 15 is 0 Å². The normalized spacial score (nSPS) is 13.5. The fourth-order valence-corrected chi connectivity index (χ4v) is 1.87. The van der Waals surface area contributed by atoms with Crippen molar-refractivity contribution in [2.75, 3.05) is 7.11 Å². The average molecular weight is 235 g/mol. The molecule has 0 amide bonds. The molecule has 0 saturated carbocycles. The van der Waals surface area contributed by atoms with E-state index in [1.807, 2.05) is 6.07 Å². The lowest BCUT2D eigenvalue weighted by atomic mass is 9.87. The second kappa shape index (κ2) is 5.54. The fraction of sp³-hybridized carbons (Fsp3) is 0.600. The summed E-state index contributed by atoms with van der Waals surface area (Å²) in [7, 11) is 1.70. The Morgan fingerprint density at radius 1 is 1.29 bits per heavy atom. The maximum atomic E-state index is 6.25. The summed E-state index contributed by atoms with van der Waals surface area (Å²) in [5, 5.41) is 0. The minimum absolute atomic E-state index is 0.0600. The number of rotatable bonds is 4. The van der Waals surface area contributed by atoms with Crippen LogP contribution in [0.5, 0.6) is 5.75 Å². The summed E-state index contributed by atoms with van der Waals surface area (Å²) in [6.45, 7) is 8.79. The number of hydrogen-bond acceptors (Lipinski definition) is 2. The lowest BCUT2D eigenvalue weighted by molar-refractivity contribution is 0.344. The SMILES string of the molecule is COc1cc(C)ccc1C(N)CCC(C)(C)C. The first-order chi connectivity index (χ1) is 7.83. The molecule has 0 aliphatic heterocycles. The monoisotopic (exact) mass is 235 g/mol. The van der Waals surface area contributed by atoms with Crippen molar-refractivity contribution >= 4 is 0 Å². The highest BCUT2D eigenvalue weighted by Crippen LogP contribution is 2.31. The molecule has 2 heteroatoms. The average Bonchev–Trinajstić information content (AvgIpc) is 2.24. The molecule has 1 unspecified atom stereocenters. The van der Waals surface area contributed by atoms with E-state index in [-0.39, 0.29) is 6.04 Å². The zero-order valence-corrected chi connectivity index (χ0v) is 11.7. The Hall–Kier alpha value is -1.02. The smallest absolute Gasteiger partial charge is 0.123 e. The second-order valence-corrected chi connectivity index (χ2v) is 5.95. The predicted molar refractivity (Wildman–Crippen MR) is 73.3 cm³/mol. The molecule has 0 aliphatic carbocycles.